The van der Waals surface area contributed by atoms with E-state index in [0.29, 0.717) is 24.2 Å². The van der Waals surface area contributed by atoms with Crippen LogP contribution in [0, 0.1) is 11.6 Å². The fourth-order valence-corrected chi connectivity index (χ4v) is 7.06. The molecule has 7 rings (SSSR count). The van der Waals surface area contributed by atoms with E-state index in [9.17, 15) is 4.39 Å². The van der Waals surface area contributed by atoms with Gasteiger partial charge in [-0.15, -0.1) is 0 Å². The lowest BCUT2D eigenvalue weighted by Gasteiger charge is -2.30. The van der Waals surface area contributed by atoms with E-state index < -0.39 is 11.6 Å². The SMILES string of the molecule is CC1=CC(C)=[N+](c2ccccc2)C/C(C2C(C)c3cc(F)cc(F)c3-c3c4ccccc4cc[n+]32)=C\CN1c1ccccc1. The molecule has 2 aliphatic heterocycles. The molecular weight excluding hydrogens is 548 g/mol. The second-order valence-electron chi connectivity index (χ2n) is 11.8. The highest BCUT2D eigenvalue weighted by Gasteiger charge is 2.44. The van der Waals surface area contributed by atoms with E-state index in [4.69, 9.17) is 0 Å². The predicted octanol–water partition coefficient (Wildman–Crippen LogP) is 8.89. The third kappa shape index (κ3) is 4.83. The van der Waals surface area contributed by atoms with Crippen LogP contribution in [0.4, 0.5) is 20.2 Å². The predicted molar refractivity (Wildman–Crippen MR) is 174 cm³/mol. The Morgan fingerprint density at radius 3 is 2.30 bits per heavy atom. The number of benzene rings is 4. The van der Waals surface area contributed by atoms with Gasteiger partial charge in [-0.25, -0.2) is 8.78 Å². The van der Waals surface area contributed by atoms with E-state index >= 15 is 4.39 Å². The van der Waals surface area contributed by atoms with Crippen LogP contribution in [0.2, 0.25) is 0 Å². The minimum atomic E-state index is -0.547. The molecule has 1 aromatic heterocycles. The average molecular weight is 584 g/mol. The van der Waals surface area contributed by atoms with Crippen LogP contribution in [0.25, 0.3) is 22.0 Å². The van der Waals surface area contributed by atoms with E-state index in [1.807, 2.05) is 36.4 Å². The molecule has 5 heteroatoms. The highest BCUT2D eigenvalue weighted by molar-refractivity contribution is 5.94. The number of pyridine rings is 1. The monoisotopic (exact) mass is 583 g/mol. The van der Waals surface area contributed by atoms with E-state index in [0.717, 1.165) is 45.3 Å². The lowest BCUT2D eigenvalue weighted by molar-refractivity contribution is -0.709. The second-order valence-corrected chi connectivity index (χ2v) is 11.8. The minimum absolute atomic E-state index is 0.168. The molecule has 2 aliphatic rings. The first-order chi connectivity index (χ1) is 21.4. The molecule has 5 aromatic rings. The summed E-state index contributed by atoms with van der Waals surface area (Å²) >= 11 is 0. The van der Waals surface area contributed by atoms with Crippen molar-refractivity contribution in [2.75, 3.05) is 18.0 Å². The Bertz CT molecular complexity index is 1980. The number of hydrogen-bond donors (Lipinski definition) is 0. The highest BCUT2D eigenvalue weighted by Crippen LogP contribution is 2.45. The maximum absolute atomic E-state index is 15.8. The molecule has 0 aliphatic carbocycles. The van der Waals surface area contributed by atoms with Crippen molar-refractivity contribution < 1.29 is 17.9 Å². The second kappa shape index (κ2) is 11.3. The van der Waals surface area contributed by atoms with Gasteiger partial charge in [-0.2, -0.15) is 9.14 Å². The van der Waals surface area contributed by atoms with Crippen molar-refractivity contribution >= 4 is 27.9 Å². The molecule has 4 aromatic carbocycles. The van der Waals surface area contributed by atoms with Crippen LogP contribution < -0.4 is 9.47 Å². The normalized spacial score (nSPS) is 19.7. The summed E-state index contributed by atoms with van der Waals surface area (Å²) in [5.41, 5.74) is 7.63. The number of aromatic nitrogens is 1. The van der Waals surface area contributed by atoms with Crippen LogP contribution in [0.3, 0.4) is 0 Å². The van der Waals surface area contributed by atoms with Gasteiger partial charge >= 0.3 is 0 Å². The largest absolute Gasteiger partial charge is 0.341 e. The van der Waals surface area contributed by atoms with Gasteiger partial charge in [-0.05, 0) is 42.1 Å². The molecule has 3 heterocycles. The molecule has 2 atom stereocenters. The zero-order valence-corrected chi connectivity index (χ0v) is 25.2. The topological polar surface area (TPSA) is 10.1 Å². The van der Waals surface area contributed by atoms with Crippen molar-refractivity contribution in [1.29, 1.82) is 0 Å². The van der Waals surface area contributed by atoms with Gasteiger partial charge in [0.2, 0.25) is 11.4 Å². The fourth-order valence-electron chi connectivity index (χ4n) is 7.06. The summed E-state index contributed by atoms with van der Waals surface area (Å²) < 4.78 is 35.2. The standard InChI is InChI=1S/C39H35F2N3/c1-26-22-27(2)44(33-15-8-5-9-16-33)25-30(19-20-42(26)32-13-6-4-7-14-32)38-28(3)35-23-31(40)24-36(41)37(35)39-34-17-11-10-12-29(34)18-21-43(38)39/h4-19,21-24,28,38H,20,25H2,1-3H3/q+2/b30-19+. The van der Waals surface area contributed by atoms with Crippen molar-refractivity contribution in [3.05, 3.63) is 150 Å². The van der Waals surface area contributed by atoms with Gasteiger partial charge < -0.3 is 4.90 Å². The van der Waals surface area contributed by atoms with Crippen molar-refractivity contribution in [2.45, 2.75) is 32.7 Å². The smallest absolute Gasteiger partial charge is 0.224 e. The molecule has 0 amide bonds. The molecular formula is C39H35F2N3+2. The molecule has 0 radical (unpaired) electrons. The van der Waals surface area contributed by atoms with E-state index in [1.54, 1.807) is 0 Å². The third-order valence-corrected chi connectivity index (χ3v) is 9.14. The molecule has 0 saturated heterocycles. The van der Waals surface area contributed by atoms with E-state index in [-0.39, 0.29) is 12.0 Å². The summed E-state index contributed by atoms with van der Waals surface area (Å²) in [6, 6.07) is 33.4. The lowest BCUT2D eigenvalue weighted by atomic mass is 9.79. The lowest BCUT2D eigenvalue weighted by Crippen LogP contribution is -2.49. The van der Waals surface area contributed by atoms with Crippen molar-refractivity contribution in [2.24, 2.45) is 0 Å². The molecule has 0 fully saturated rings. The van der Waals surface area contributed by atoms with Crippen LogP contribution in [0.1, 0.15) is 38.3 Å². The van der Waals surface area contributed by atoms with Gasteiger partial charge in [0, 0.05) is 61.1 Å². The van der Waals surface area contributed by atoms with Gasteiger partial charge in [0.05, 0.1) is 16.5 Å². The Hall–Kier alpha value is -4.90. The highest BCUT2D eigenvalue weighted by atomic mass is 19.1. The maximum atomic E-state index is 15.8. The van der Waals surface area contributed by atoms with Crippen molar-refractivity contribution in [3.63, 3.8) is 0 Å². The van der Waals surface area contributed by atoms with Gasteiger partial charge in [-0.1, -0.05) is 67.6 Å². The summed E-state index contributed by atoms with van der Waals surface area (Å²) in [5.74, 6) is -1.25. The molecule has 0 spiro atoms. The Labute approximate surface area is 257 Å². The van der Waals surface area contributed by atoms with Gasteiger partial charge in [0.15, 0.2) is 24.5 Å². The molecule has 2 unspecified atom stereocenters. The summed E-state index contributed by atoms with van der Waals surface area (Å²) in [4.78, 5) is 2.32. The number of nitrogens with zero attached hydrogens (tertiary/aromatic N) is 3. The Balaban J connectivity index is 1.48. The summed E-state index contributed by atoms with van der Waals surface area (Å²) in [7, 11) is 0. The zero-order valence-electron chi connectivity index (χ0n) is 25.2. The Morgan fingerprint density at radius 1 is 0.818 bits per heavy atom. The first-order valence-electron chi connectivity index (χ1n) is 15.2. The summed E-state index contributed by atoms with van der Waals surface area (Å²) in [5, 5.41) is 1.98. The quantitative estimate of drug-likeness (QED) is 0.152. The Morgan fingerprint density at radius 2 is 1.52 bits per heavy atom. The zero-order chi connectivity index (χ0) is 30.4. The molecule has 0 bridgehead atoms. The first kappa shape index (κ1) is 27.9. The number of fused-ring (bicyclic) bond motifs is 5. The van der Waals surface area contributed by atoms with Gasteiger partial charge in [0.1, 0.15) is 11.6 Å². The van der Waals surface area contributed by atoms with Gasteiger partial charge in [0.25, 0.3) is 0 Å². The molecule has 218 valence electrons. The van der Waals surface area contributed by atoms with Crippen LogP contribution in [0.15, 0.2) is 133 Å². The minimum Gasteiger partial charge on any atom is -0.341 e. The fraction of sp³-hybridized carbons (Fsp3) is 0.179. The van der Waals surface area contributed by atoms with Crippen LogP contribution in [-0.4, -0.2) is 23.4 Å². The van der Waals surface area contributed by atoms with Crippen molar-refractivity contribution in [1.82, 2.24) is 0 Å². The number of para-hydroxylation sites is 2. The van der Waals surface area contributed by atoms with Crippen LogP contribution >= 0.6 is 0 Å². The number of allylic oxidation sites excluding steroid dienone is 2. The molecule has 0 saturated carbocycles. The Kier molecular flexibility index (Phi) is 7.17. The van der Waals surface area contributed by atoms with Gasteiger partial charge in [-0.3, -0.25) is 0 Å². The van der Waals surface area contributed by atoms with Crippen molar-refractivity contribution in [3.8, 4) is 11.3 Å². The number of anilines is 1. The molecule has 44 heavy (non-hydrogen) atoms. The first-order valence-corrected chi connectivity index (χ1v) is 15.2. The molecule has 3 nitrogen and oxygen atoms in total. The maximum Gasteiger partial charge on any atom is 0.224 e. The number of hydrogen-bond acceptors (Lipinski definition) is 1. The number of halogens is 2. The summed E-state index contributed by atoms with van der Waals surface area (Å²) in [6.45, 7) is 7.70. The van der Waals surface area contributed by atoms with E-state index in [2.05, 4.69) is 108 Å². The molecule has 0 N–H and O–H groups in total. The average Bonchev–Trinajstić information content (AvgIpc) is 3.09. The van der Waals surface area contributed by atoms with Crippen LogP contribution in [-0.2, 0) is 0 Å². The van der Waals surface area contributed by atoms with E-state index in [1.165, 1.54) is 11.6 Å². The third-order valence-electron chi connectivity index (χ3n) is 9.14. The van der Waals surface area contributed by atoms with Crippen LogP contribution in [0.5, 0.6) is 0 Å². The summed E-state index contributed by atoms with van der Waals surface area (Å²) in [6.07, 6.45) is 6.66. The number of rotatable bonds is 3.